The first-order chi connectivity index (χ1) is 10.2. The Kier molecular flexibility index (Phi) is 3.86. The van der Waals surface area contributed by atoms with E-state index >= 15 is 0 Å². The van der Waals surface area contributed by atoms with E-state index in [2.05, 4.69) is 9.80 Å². The summed E-state index contributed by atoms with van der Waals surface area (Å²) in [4.78, 5) is 4.69. The lowest BCUT2D eigenvalue weighted by molar-refractivity contribution is 0.474. The van der Waals surface area contributed by atoms with Crippen molar-refractivity contribution in [3.05, 3.63) is 48.5 Å². The van der Waals surface area contributed by atoms with Crippen molar-refractivity contribution >= 4 is 11.4 Å². The summed E-state index contributed by atoms with van der Waals surface area (Å²) in [5.41, 5.74) is 2.31. The first kappa shape index (κ1) is 13.6. The molecule has 1 saturated heterocycles. The second-order valence-electron chi connectivity index (χ2n) is 5.36. The van der Waals surface area contributed by atoms with Gasteiger partial charge < -0.3 is 20.0 Å². The molecule has 1 fully saturated rings. The van der Waals surface area contributed by atoms with Crippen LogP contribution in [0, 0.1) is 0 Å². The predicted octanol–water partition coefficient (Wildman–Crippen LogP) is 2.81. The van der Waals surface area contributed by atoms with Crippen molar-refractivity contribution in [2.75, 3.05) is 36.0 Å². The summed E-state index contributed by atoms with van der Waals surface area (Å²) in [7, 11) is 0. The van der Waals surface area contributed by atoms with E-state index in [0.29, 0.717) is 11.5 Å². The van der Waals surface area contributed by atoms with Gasteiger partial charge in [0.2, 0.25) is 0 Å². The van der Waals surface area contributed by atoms with Gasteiger partial charge in [0.15, 0.2) is 0 Å². The van der Waals surface area contributed by atoms with E-state index in [4.69, 9.17) is 0 Å². The quantitative estimate of drug-likeness (QED) is 0.890. The molecule has 110 valence electrons. The molecular weight excluding hydrogens is 264 g/mol. The molecule has 21 heavy (non-hydrogen) atoms. The first-order valence-corrected chi connectivity index (χ1v) is 7.30. The summed E-state index contributed by atoms with van der Waals surface area (Å²) in [6, 6.07) is 14.8. The number of rotatable bonds is 2. The molecule has 0 atom stereocenters. The molecule has 1 aliphatic heterocycles. The van der Waals surface area contributed by atoms with Gasteiger partial charge in [0.25, 0.3) is 0 Å². The average Bonchev–Trinajstić information content (AvgIpc) is 2.75. The van der Waals surface area contributed by atoms with Crippen LogP contribution in [0.4, 0.5) is 11.4 Å². The molecule has 0 radical (unpaired) electrons. The highest BCUT2D eigenvalue weighted by Gasteiger charge is 2.15. The standard InChI is InChI=1S/C17H20N2O2/c20-16-6-2-14(3-7-16)18-10-1-11-19(13-12-18)15-4-8-17(21)9-5-15/h2-9,20-21H,1,10-13H2. The maximum absolute atomic E-state index is 9.38. The predicted molar refractivity (Wildman–Crippen MR) is 85.3 cm³/mol. The molecular formula is C17H20N2O2. The van der Waals surface area contributed by atoms with E-state index in [1.165, 1.54) is 0 Å². The number of phenolic OH excluding ortho intramolecular Hbond substituents is 2. The van der Waals surface area contributed by atoms with Crippen molar-refractivity contribution in [3.63, 3.8) is 0 Å². The zero-order chi connectivity index (χ0) is 14.7. The third-order valence-corrected chi connectivity index (χ3v) is 3.93. The molecule has 0 unspecified atom stereocenters. The highest BCUT2D eigenvalue weighted by molar-refractivity contribution is 5.52. The van der Waals surface area contributed by atoms with Crippen molar-refractivity contribution in [1.82, 2.24) is 0 Å². The largest absolute Gasteiger partial charge is 0.508 e. The van der Waals surface area contributed by atoms with Crippen LogP contribution in [0.15, 0.2) is 48.5 Å². The minimum atomic E-state index is 0.305. The number of nitrogens with zero attached hydrogens (tertiary/aromatic N) is 2. The third kappa shape index (κ3) is 3.21. The minimum Gasteiger partial charge on any atom is -0.508 e. The number of benzene rings is 2. The van der Waals surface area contributed by atoms with E-state index in [0.717, 1.165) is 44.0 Å². The van der Waals surface area contributed by atoms with Crippen LogP contribution in [0.25, 0.3) is 0 Å². The van der Waals surface area contributed by atoms with Gasteiger partial charge in [-0.25, -0.2) is 0 Å². The summed E-state index contributed by atoms with van der Waals surface area (Å²) in [6.45, 7) is 3.93. The SMILES string of the molecule is Oc1ccc(N2CCCN(c3ccc(O)cc3)CC2)cc1. The van der Waals surface area contributed by atoms with E-state index < -0.39 is 0 Å². The summed E-state index contributed by atoms with van der Waals surface area (Å²) < 4.78 is 0. The molecule has 4 heteroatoms. The molecule has 0 aromatic heterocycles. The monoisotopic (exact) mass is 284 g/mol. The van der Waals surface area contributed by atoms with Crippen LogP contribution < -0.4 is 9.80 Å². The fourth-order valence-electron chi connectivity index (χ4n) is 2.76. The summed E-state index contributed by atoms with van der Waals surface area (Å²) in [6.07, 6.45) is 1.09. The molecule has 2 N–H and O–H groups in total. The highest BCUT2D eigenvalue weighted by Crippen LogP contribution is 2.23. The van der Waals surface area contributed by atoms with E-state index in [1.54, 1.807) is 24.3 Å². The topological polar surface area (TPSA) is 46.9 Å². The molecule has 0 aliphatic carbocycles. The van der Waals surface area contributed by atoms with Crippen LogP contribution in [0.5, 0.6) is 11.5 Å². The molecule has 0 spiro atoms. The van der Waals surface area contributed by atoms with Gasteiger partial charge in [-0.1, -0.05) is 0 Å². The Morgan fingerprint density at radius 1 is 0.571 bits per heavy atom. The second-order valence-corrected chi connectivity index (χ2v) is 5.36. The smallest absolute Gasteiger partial charge is 0.115 e. The molecule has 2 aromatic rings. The highest BCUT2D eigenvalue weighted by atomic mass is 16.3. The van der Waals surface area contributed by atoms with Crippen LogP contribution in [-0.2, 0) is 0 Å². The number of aromatic hydroxyl groups is 2. The lowest BCUT2D eigenvalue weighted by Gasteiger charge is -2.25. The fourth-order valence-corrected chi connectivity index (χ4v) is 2.76. The van der Waals surface area contributed by atoms with Crippen LogP contribution in [0.2, 0.25) is 0 Å². The van der Waals surface area contributed by atoms with Gasteiger partial charge in [-0.3, -0.25) is 0 Å². The molecule has 3 rings (SSSR count). The first-order valence-electron chi connectivity index (χ1n) is 7.30. The van der Waals surface area contributed by atoms with Gasteiger partial charge in [0.05, 0.1) is 0 Å². The molecule has 0 bridgehead atoms. The Labute approximate surface area is 124 Å². The van der Waals surface area contributed by atoms with Gasteiger partial charge in [0, 0.05) is 37.6 Å². The Balaban J connectivity index is 1.69. The van der Waals surface area contributed by atoms with Crippen LogP contribution >= 0.6 is 0 Å². The molecule has 4 nitrogen and oxygen atoms in total. The Morgan fingerprint density at radius 3 is 1.33 bits per heavy atom. The number of anilines is 2. The van der Waals surface area contributed by atoms with Gasteiger partial charge in [-0.05, 0) is 55.0 Å². The maximum Gasteiger partial charge on any atom is 0.115 e. The lowest BCUT2D eigenvalue weighted by atomic mass is 10.2. The number of hydrogen-bond donors (Lipinski definition) is 2. The van der Waals surface area contributed by atoms with Gasteiger partial charge in [0.1, 0.15) is 11.5 Å². The summed E-state index contributed by atoms with van der Waals surface area (Å²) >= 11 is 0. The van der Waals surface area contributed by atoms with Crippen LogP contribution in [0.3, 0.4) is 0 Å². The molecule has 1 aliphatic rings. The van der Waals surface area contributed by atoms with Crippen LogP contribution in [-0.4, -0.2) is 36.4 Å². The average molecular weight is 284 g/mol. The number of phenols is 2. The van der Waals surface area contributed by atoms with E-state index in [1.807, 2.05) is 24.3 Å². The van der Waals surface area contributed by atoms with Crippen molar-refractivity contribution in [3.8, 4) is 11.5 Å². The molecule has 0 saturated carbocycles. The number of hydrogen-bond acceptors (Lipinski definition) is 4. The Bertz CT molecular complexity index is 527. The maximum atomic E-state index is 9.38. The van der Waals surface area contributed by atoms with Crippen molar-refractivity contribution in [1.29, 1.82) is 0 Å². The van der Waals surface area contributed by atoms with Crippen molar-refractivity contribution < 1.29 is 10.2 Å². The second kappa shape index (κ2) is 5.95. The fraction of sp³-hybridized carbons (Fsp3) is 0.294. The van der Waals surface area contributed by atoms with Crippen molar-refractivity contribution in [2.24, 2.45) is 0 Å². The van der Waals surface area contributed by atoms with Gasteiger partial charge in [-0.15, -0.1) is 0 Å². The molecule has 2 aromatic carbocycles. The minimum absolute atomic E-state index is 0.305. The zero-order valence-electron chi connectivity index (χ0n) is 11.9. The Morgan fingerprint density at radius 2 is 0.952 bits per heavy atom. The molecule has 1 heterocycles. The Hall–Kier alpha value is -2.36. The van der Waals surface area contributed by atoms with Gasteiger partial charge in [-0.2, -0.15) is 0 Å². The van der Waals surface area contributed by atoms with Crippen LogP contribution in [0.1, 0.15) is 6.42 Å². The zero-order valence-corrected chi connectivity index (χ0v) is 11.9. The van der Waals surface area contributed by atoms with Crippen molar-refractivity contribution in [2.45, 2.75) is 6.42 Å². The van der Waals surface area contributed by atoms with E-state index in [9.17, 15) is 10.2 Å². The van der Waals surface area contributed by atoms with Gasteiger partial charge >= 0.3 is 0 Å². The van der Waals surface area contributed by atoms with E-state index in [-0.39, 0.29) is 0 Å². The normalized spacial score (nSPS) is 15.8. The summed E-state index contributed by atoms with van der Waals surface area (Å²) in [5.74, 6) is 0.610. The third-order valence-electron chi connectivity index (χ3n) is 3.93. The molecule has 0 amide bonds. The lowest BCUT2D eigenvalue weighted by Crippen LogP contribution is -2.30. The summed E-state index contributed by atoms with van der Waals surface area (Å²) in [5, 5.41) is 18.8.